The van der Waals surface area contributed by atoms with Crippen LogP contribution in [-0.4, -0.2) is 40.5 Å². The van der Waals surface area contributed by atoms with Crippen LogP contribution in [0.4, 0.5) is 0 Å². The SMILES string of the molecule is CCOc1ccc(S(=O)(=O)N(C)C)c(OC)c1. The van der Waals surface area contributed by atoms with Gasteiger partial charge < -0.3 is 9.47 Å². The smallest absolute Gasteiger partial charge is 0.246 e. The summed E-state index contributed by atoms with van der Waals surface area (Å²) in [4.78, 5) is 0.133. The van der Waals surface area contributed by atoms with Crippen molar-refractivity contribution >= 4 is 10.0 Å². The Balaban J connectivity index is 3.27. The Morgan fingerprint density at radius 3 is 2.41 bits per heavy atom. The lowest BCUT2D eigenvalue weighted by molar-refractivity contribution is 0.334. The highest BCUT2D eigenvalue weighted by Crippen LogP contribution is 2.29. The maximum Gasteiger partial charge on any atom is 0.246 e. The topological polar surface area (TPSA) is 55.8 Å². The molecule has 6 heteroatoms. The van der Waals surface area contributed by atoms with Gasteiger partial charge in [-0.1, -0.05) is 0 Å². The van der Waals surface area contributed by atoms with Gasteiger partial charge in [0.25, 0.3) is 0 Å². The Labute approximate surface area is 102 Å². The van der Waals surface area contributed by atoms with Gasteiger partial charge in [-0.2, -0.15) is 0 Å². The second-order valence-electron chi connectivity index (χ2n) is 3.53. The number of hydrogen-bond acceptors (Lipinski definition) is 4. The lowest BCUT2D eigenvalue weighted by Gasteiger charge is -2.15. The number of nitrogens with zero attached hydrogens (tertiary/aromatic N) is 1. The maximum absolute atomic E-state index is 12.0. The van der Waals surface area contributed by atoms with Gasteiger partial charge in [-0.3, -0.25) is 0 Å². The highest BCUT2D eigenvalue weighted by Gasteiger charge is 2.22. The zero-order valence-corrected chi connectivity index (χ0v) is 11.2. The van der Waals surface area contributed by atoms with Gasteiger partial charge in [0.15, 0.2) is 0 Å². The second-order valence-corrected chi connectivity index (χ2v) is 5.65. The van der Waals surface area contributed by atoms with Gasteiger partial charge in [0.1, 0.15) is 16.4 Å². The van der Waals surface area contributed by atoms with Gasteiger partial charge in [0.05, 0.1) is 13.7 Å². The molecule has 1 aromatic rings. The maximum atomic E-state index is 12.0. The van der Waals surface area contributed by atoms with Crippen LogP contribution < -0.4 is 9.47 Å². The molecule has 0 saturated heterocycles. The normalized spacial score (nSPS) is 11.6. The molecule has 17 heavy (non-hydrogen) atoms. The first-order valence-corrected chi connectivity index (χ1v) is 6.60. The molecule has 0 saturated carbocycles. The van der Waals surface area contributed by atoms with E-state index < -0.39 is 10.0 Å². The standard InChI is InChI=1S/C11H17NO4S/c1-5-16-9-6-7-11(10(8-9)15-4)17(13,14)12(2)3/h6-8H,5H2,1-4H3. The van der Waals surface area contributed by atoms with Crippen LogP contribution in [0.2, 0.25) is 0 Å². The number of methoxy groups -OCH3 is 1. The summed E-state index contributed by atoms with van der Waals surface area (Å²) in [7, 11) is 0.887. The summed E-state index contributed by atoms with van der Waals surface area (Å²) >= 11 is 0. The Kier molecular flexibility index (Phi) is 4.36. The predicted molar refractivity (Wildman–Crippen MR) is 65.0 cm³/mol. The molecule has 0 aliphatic carbocycles. The van der Waals surface area contributed by atoms with Crippen LogP contribution in [0.1, 0.15) is 6.92 Å². The van der Waals surface area contributed by atoms with Crippen molar-refractivity contribution in [3.05, 3.63) is 18.2 Å². The predicted octanol–water partition coefficient (Wildman–Crippen LogP) is 1.34. The molecule has 0 unspecified atom stereocenters. The van der Waals surface area contributed by atoms with E-state index in [1.165, 1.54) is 27.3 Å². The van der Waals surface area contributed by atoms with Crippen molar-refractivity contribution in [1.29, 1.82) is 0 Å². The third kappa shape index (κ3) is 2.89. The van der Waals surface area contributed by atoms with Gasteiger partial charge in [0, 0.05) is 20.2 Å². The molecule has 0 aromatic heterocycles. The van der Waals surface area contributed by atoms with Crippen molar-refractivity contribution < 1.29 is 17.9 Å². The fourth-order valence-electron chi connectivity index (χ4n) is 1.31. The fourth-order valence-corrected chi connectivity index (χ4v) is 2.34. The number of ether oxygens (including phenoxy) is 2. The fraction of sp³-hybridized carbons (Fsp3) is 0.455. The number of sulfonamides is 1. The van der Waals surface area contributed by atoms with Gasteiger partial charge >= 0.3 is 0 Å². The van der Waals surface area contributed by atoms with E-state index in [-0.39, 0.29) is 10.6 Å². The molecule has 0 amide bonds. The summed E-state index contributed by atoms with van der Waals surface area (Å²) in [6.45, 7) is 2.37. The van der Waals surface area contributed by atoms with Gasteiger partial charge in [-0.25, -0.2) is 12.7 Å². The molecule has 96 valence electrons. The van der Waals surface area contributed by atoms with Crippen molar-refractivity contribution in [2.45, 2.75) is 11.8 Å². The molecule has 0 heterocycles. The first-order valence-electron chi connectivity index (χ1n) is 5.16. The van der Waals surface area contributed by atoms with Crippen LogP contribution in [0, 0.1) is 0 Å². The average molecular weight is 259 g/mol. The lowest BCUT2D eigenvalue weighted by Crippen LogP contribution is -2.22. The zero-order chi connectivity index (χ0) is 13.1. The molecule has 1 aromatic carbocycles. The molecular weight excluding hydrogens is 242 g/mol. The van der Waals surface area contributed by atoms with E-state index in [2.05, 4.69) is 0 Å². The van der Waals surface area contributed by atoms with Crippen molar-refractivity contribution in [1.82, 2.24) is 4.31 Å². The van der Waals surface area contributed by atoms with E-state index in [9.17, 15) is 8.42 Å². The molecule has 0 spiro atoms. The van der Waals surface area contributed by atoms with Crippen molar-refractivity contribution in [3.8, 4) is 11.5 Å². The molecule has 0 N–H and O–H groups in total. The van der Waals surface area contributed by atoms with E-state index in [0.717, 1.165) is 4.31 Å². The second kappa shape index (κ2) is 5.37. The minimum absolute atomic E-state index is 0.133. The van der Waals surface area contributed by atoms with Crippen LogP contribution in [0.15, 0.2) is 23.1 Å². The van der Waals surface area contributed by atoms with Crippen LogP contribution in [0.5, 0.6) is 11.5 Å². The van der Waals surface area contributed by atoms with Crippen LogP contribution in [0.25, 0.3) is 0 Å². The first kappa shape index (κ1) is 13.8. The third-order valence-corrected chi connectivity index (χ3v) is 4.06. The highest BCUT2D eigenvalue weighted by molar-refractivity contribution is 7.89. The molecule has 0 radical (unpaired) electrons. The Hall–Kier alpha value is -1.27. The zero-order valence-electron chi connectivity index (χ0n) is 10.4. The Bertz CT molecular complexity index is 482. The van der Waals surface area contributed by atoms with Crippen molar-refractivity contribution in [2.24, 2.45) is 0 Å². The minimum Gasteiger partial charge on any atom is -0.495 e. The van der Waals surface area contributed by atoms with Gasteiger partial charge in [-0.05, 0) is 19.1 Å². The van der Waals surface area contributed by atoms with E-state index in [1.54, 1.807) is 12.1 Å². The minimum atomic E-state index is -3.50. The quantitative estimate of drug-likeness (QED) is 0.801. The highest BCUT2D eigenvalue weighted by atomic mass is 32.2. The van der Waals surface area contributed by atoms with E-state index in [0.29, 0.717) is 12.4 Å². The molecule has 0 fully saturated rings. The molecule has 0 aliphatic rings. The molecule has 0 aliphatic heterocycles. The van der Waals surface area contributed by atoms with Crippen molar-refractivity contribution in [2.75, 3.05) is 27.8 Å². The first-order chi connectivity index (χ1) is 7.93. The van der Waals surface area contributed by atoms with Crippen LogP contribution in [-0.2, 0) is 10.0 Å². The van der Waals surface area contributed by atoms with E-state index in [1.807, 2.05) is 6.92 Å². The van der Waals surface area contributed by atoms with E-state index in [4.69, 9.17) is 9.47 Å². The Morgan fingerprint density at radius 1 is 1.29 bits per heavy atom. The summed E-state index contributed by atoms with van der Waals surface area (Å²) in [5.74, 6) is 0.867. The van der Waals surface area contributed by atoms with Crippen LogP contribution >= 0.6 is 0 Å². The Morgan fingerprint density at radius 2 is 1.94 bits per heavy atom. The van der Waals surface area contributed by atoms with Gasteiger partial charge in [0.2, 0.25) is 10.0 Å². The van der Waals surface area contributed by atoms with Gasteiger partial charge in [-0.15, -0.1) is 0 Å². The summed E-state index contributed by atoms with van der Waals surface area (Å²) in [5.41, 5.74) is 0. The molecule has 0 atom stereocenters. The lowest BCUT2D eigenvalue weighted by atomic mass is 10.3. The molecule has 5 nitrogen and oxygen atoms in total. The number of rotatable bonds is 5. The molecular formula is C11H17NO4S. The monoisotopic (exact) mass is 259 g/mol. The van der Waals surface area contributed by atoms with E-state index >= 15 is 0 Å². The number of benzene rings is 1. The third-order valence-electron chi connectivity index (χ3n) is 2.20. The summed E-state index contributed by atoms with van der Waals surface area (Å²) in [5, 5.41) is 0. The van der Waals surface area contributed by atoms with Crippen LogP contribution in [0.3, 0.4) is 0 Å². The average Bonchev–Trinajstić information content (AvgIpc) is 2.28. The van der Waals surface area contributed by atoms with Crippen molar-refractivity contribution in [3.63, 3.8) is 0 Å². The largest absolute Gasteiger partial charge is 0.495 e. The molecule has 1 rings (SSSR count). The summed E-state index contributed by atoms with van der Waals surface area (Å²) < 4.78 is 35.5. The summed E-state index contributed by atoms with van der Waals surface area (Å²) in [6.07, 6.45) is 0. The summed E-state index contributed by atoms with van der Waals surface area (Å²) in [6, 6.07) is 4.67. The molecule has 0 bridgehead atoms. The number of hydrogen-bond donors (Lipinski definition) is 0.